The highest BCUT2D eigenvalue weighted by Gasteiger charge is 1.87. The van der Waals surface area contributed by atoms with Crippen molar-refractivity contribution >= 4 is 5.78 Å². The summed E-state index contributed by atoms with van der Waals surface area (Å²) in [5.74, 6) is 0.838. The van der Waals surface area contributed by atoms with Crippen LogP contribution in [0.4, 0.5) is 0 Å². The Morgan fingerprint density at radius 1 is 1.75 bits per heavy atom. The molecule has 3 nitrogen and oxygen atoms in total. The van der Waals surface area contributed by atoms with Crippen LogP contribution in [-0.2, 0) is 0 Å². The largest absolute Gasteiger partial charge is 0.322 e. The molecule has 1 N–H and O–H groups in total. The molecule has 2 rings (SSSR count). The van der Waals surface area contributed by atoms with E-state index in [-0.39, 0.29) is 0 Å². The van der Waals surface area contributed by atoms with E-state index in [9.17, 15) is 0 Å². The topological polar surface area (TPSA) is 33.1 Å². The molecule has 0 atom stereocenters. The number of nitrogens with one attached hydrogen (secondary N) is 1. The Morgan fingerprint density at radius 2 is 2.75 bits per heavy atom. The van der Waals surface area contributed by atoms with E-state index in [1.165, 1.54) is 0 Å². The van der Waals surface area contributed by atoms with Crippen molar-refractivity contribution in [1.82, 2.24) is 14.4 Å². The van der Waals surface area contributed by atoms with Crippen molar-refractivity contribution in [2.75, 3.05) is 0 Å². The zero-order valence-electron chi connectivity index (χ0n) is 4.13. The first-order chi connectivity index (χ1) is 3.97. The van der Waals surface area contributed by atoms with Gasteiger partial charge in [-0.2, -0.15) is 0 Å². The lowest BCUT2D eigenvalue weighted by atomic mass is 10.9. The summed E-state index contributed by atoms with van der Waals surface area (Å²) in [6, 6.07) is 0. The molecule has 0 aromatic carbocycles. The molecular formula is C5H4N3. The van der Waals surface area contributed by atoms with E-state index in [4.69, 9.17) is 0 Å². The first-order valence-corrected chi connectivity index (χ1v) is 2.34. The summed E-state index contributed by atoms with van der Waals surface area (Å²) in [4.78, 5) is 6.78. The summed E-state index contributed by atoms with van der Waals surface area (Å²) < 4.78 is 1.86. The van der Waals surface area contributed by atoms with Crippen LogP contribution in [0.5, 0.6) is 0 Å². The highest BCUT2D eigenvalue weighted by atomic mass is 15.1. The second-order valence-corrected chi connectivity index (χ2v) is 1.56. The van der Waals surface area contributed by atoms with Gasteiger partial charge in [0.15, 0.2) is 0 Å². The SMILES string of the molecule is [c]1cn2ccnc2[nH]1. The van der Waals surface area contributed by atoms with E-state index >= 15 is 0 Å². The summed E-state index contributed by atoms with van der Waals surface area (Å²) in [5, 5.41) is 0. The quantitative estimate of drug-likeness (QED) is 0.520. The maximum atomic E-state index is 3.95. The lowest BCUT2D eigenvalue weighted by Gasteiger charge is -1.72. The van der Waals surface area contributed by atoms with Crippen LogP contribution in [0.25, 0.3) is 5.78 Å². The Hall–Kier alpha value is -1.25. The van der Waals surface area contributed by atoms with Crippen molar-refractivity contribution < 1.29 is 0 Å². The van der Waals surface area contributed by atoms with Crippen molar-refractivity contribution in [2.45, 2.75) is 0 Å². The molecular weight excluding hydrogens is 102 g/mol. The zero-order valence-corrected chi connectivity index (χ0v) is 4.13. The third-order valence-corrected chi connectivity index (χ3v) is 1.06. The predicted molar refractivity (Wildman–Crippen MR) is 28.4 cm³/mol. The smallest absolute Gasteiger partial charge is 0.211 e. The normalized spacial score (nSPS) is 10.5. The van der Waals surface area contributed by atoms with Crippen molar-refractivity contribution in [2.24, 2.45) is 0 Å². The first kappa shape index (κ1) is 3.72. The lowest BCUT2D eigenvalue weighted by molar-refractivity contribution is 1.21. The molecule has 0 fully saturated rings. The number of imidazole rings is 2. The molecule has 2 aromatic heterocycles. The van der Waals surface area contributed by atoms with Crippen molar-refractivity contribution in [3.63, 3.8) is 0 Å². The summed E-state index contributed by atoms with van der Waals surface area (Å²) in [6.45, 7) is 0. The van der Waals surface area contributed by atoms with Crippen LogP contribution in [-0.4, -0.2) is 14.4 Å². The standard InChI is InChI=1S/C5H4N3/c1-3-8-4-2-7-5(8)6-1/h1,3-4H,(H,6,7). The Kier molecular flexibility index (Phi) is 0.521. The van der Waals surface area contributed by atoms with Crippen LogP contribution in [0.2, 0.25) is 0 Å². The number of aromatic amines is 1. The molecule has 0 amide bonds. The number of hydrogen-bond donors (Lipinski definition) is 1. The van der Waals surface area contributed by atoms with Crippen LogP contribution < -0.4 is 0 Å². The summed E-state index contributed by atoms with van der Waals surface area (Å²) in [7, 11) is 0. The number of rotatable bonds is 0. The van der Waals surface area contributed by atoms with E-state index in [0.717, 1.165) is 5.78 Å². The van der Waals surface area contributed by atoms with E-state index in [2.05, 4.69) is 16.2 Å². The monoisotopic (exact) mass is 106 g/mol. The molecule has 1 radical (unpaired) electrons. The molecule has 0 aliphatic carbocycles. The molecule has 0 aliphatic rings. The van der Waals surface area contributed by atoms with Gasteiger partial charge in [0.2, 0.25) is 5.78 Å². The minimum Gasteiger partial charge on any atom is -0.322 e. The number of nitrogens with zero attached hydrogens (tertiary/aromatic N) is 2. The number of H-pyrrole nitrogens is 1. The average molecular weight is 106 g/mol. The van der Waals surface area contributed by atoms with Gasteiger partial charge in [0.25, 0.3) is 0 Å². The molecule has 2 heterocycles. The maximum absolute atomic E-state index is 3.95. The van der Waals surface area contributed by atoms with Gasteiger partial charge >= 0.3 is 0 Å². The second-order valence-electron chi connectivity index (χ2n) is 1.56. The molecule has 0 aliphatic heterocycles. The minimum absolute atomic E-state index is 0.838. The van der Waals surface area contributed by atoms with Crippen molar-refractivity contribution in [3.8, 4) is 0 Å². The highest BCUT2D eigenvalue weighted by Crippen LogP contribution is 1.92. The van der Waals surface area contributed by atoms with Crippen LogP contribution in [0, 0.1) is 6.20 Å². The van der Waals surface area contributed by atoms with Crippen molar-refractivity contribution in [1.29, 1.82) is 0 Å². The average Bonchev–Trinajstić information content (AvgIpc) is 2.15. The fourth-order valence-electron chi connectivity index (χ4n) is 0.680. The van der Waals surface area contributed by atoms with Gasteiger partial charge in [-0.15, -0.1) is 0 Å². The van der Waals surface area contributed by atoms with Gasteiger partial charge in [-0.05, 0) is 0 Å². The van der Waals surface area contributed by atoms with Crippen LogP contribution in [0.3, 0.4) is 0 Å². The second kappa shape index (κ2) is 1.12. The van der Waals surface area contributed by atoms with Gasteiger partial charge in [0.1, 0.15) is 0 Å². The molecule has 3 heteroatoms. The molecule has 39 valence electrons. The summed E-state index contributed by atoms with van der Waals surface area (Å²) in [6.07, 6.45) is 8.19. The van der Waals surface area contributed by atoms with E-state index < -0.39 is 0 Å². The zero-order chi connectivity index (χ0) is 5.40. The molecule has 0 bridgehead atoms. The Balaban J connectivity index is 3.06. The van der Waals surface area contributed by atoms with Crippen LogP contribution in [0.1, 0.15) is 0 Å². The molecule has 0 saturated carbocycles. The van der Waals surface area contributed by atoms with Crippen LogP contribution >= 0.6 is 0 Å². The molecule has 0 unspecified atom stereocenters. The lowest BCUT2D eigenvalue weighted by Crippen LogP contribution is -1.70. The van der Waals surface area contributed by atoms with Gasteiger partial charge in [0.05, 0.1) is 6.20 Å². The number of hydrogen-bond acceptors (Lipinski definition) is 1. The summed E-state index contributed by atoms with van der Waals surface area (Å²) in [5.41, 5.74) is 0. The highest BCUT2D eigenvalue weighted by molar-refractivity contribution is 5.25. The molecule has 8 heavy (non-hydrogen) atoms. The van der Waals surface area contributed by atoms with Gasteiger partial charge in [0, 0.05) is 18.6 Å². The van der Waals surface area contributed by atoms with Crippen molar-refractivity contribution in [3.05, 3.63) is 24.8 Å². The molecule has 2 aromatic rings. The third-order valence-electron chi connectivity index (χ3n) is 1.06. The van der Waals surface area contributed by atoms with Gasteiger partial charge < -0.3 is 4.98 Å². The Bertz CT molecular complexity index is 229. The minimum atomic E-state index is 0.838. The van der Waals surface area contributed by atoms with Gasteiger partial charge in [-0.25, -0.2) is 4.98 Å². The van der Waals surface area contributed by atoms with Crippen LogP contribution in [0.15, 0.2) is 18.6 Å². The maximum Gasteiger partial charge on any atom is 0.211 e. The van der Waals surface area contributed by atoms with Gasteiger partial charge in [-0.3, -0.25) is 4.40 Å². The van der Waals surface area contributed by atoms with Gasteiger partial charge in [-0.1, -0.05) is 0 Å². The fraction of sp³-hybridized carbons (Fsp3) is 0. The molecule has 0 spiro atoms. The number of aromatic nitrogens is 3. The van der Waals surface area contributed by atoms with E-state index in [1.54, 1.807) is 12.4 Å². The Labute approximate surface area is 46.0 Å². The predicted octanol–water partition coefficient (Wildman–Crippen LogP) is 0.463. The van der Waals surface area contributed by atoms with E-state index in [1.807, 2.05) is 10.6 Å². The molecule has 0 saturated heterocycles. The fourth-order valence-corrected chi connectivity index (χ4v) is 0.680. The summed E-state index contributed by atoms with van der Waals surface area (Å²) >= 11 is 0. The first-order valence-electron chi connectivity index (χ1n) is 2.34. The Morgan fingerprint density at radius 3 is 3.62 bits per heavy atom. The number of fused-ring (bicyclic) bond motifs is 1. The van der Waals surface area contributed by atoms with E-state index in [0.29, 0.717) is 0 Å². The third kappa shape index (κ3) is 0.307.